The second-order valence-corrected chi connectivity index (χ2v) is 15.5. The predicted molar refractivity (Wildman–Crippen MR) is 213 cm³/mol. The largest absolute Gasteiger partial charge is 0.337 e. The molecule has 0 saturated carbocycles. The molecule has 19 heteroatoms. The Morgan fingerprint density at radius 1 is 0.695 bits per heavy atom. The van der Waals surface area contributed by atoms with E-state index in [-0.39, 0.29) is 29.1 Å². The van der Waals surface area contributed by atoms with E-state index in [1.54, 1.807) is 17.2 Å². The number of pyridine rings is 2. The molecule has 0 spiro atoms. The van der Waals surface area contributed by atoms with E-state index in [2.05, 4.69) is 62.5 Å². The van der Waals surface area contributed by atoms with E-state index in [4.69, 9.17) is 11.6 Å². The van der Waals surface area contributed by atoms with Gasteiger partial charge in [0.1, 0.15) is 12.7 Å². The van der Waals surface area contributed by atoms with Crippen molar-refractivity contribution in [3.8, 4) is 0 Å². The first-order chi connectivity index (χ1) is 28.8. The van der Waals surface area contributed by atoms with Gasteiger partial charge >= 0.3 is 0 Å². The highest BCUT2D eigenvalue weighted by Gasteiger charge is 2.42. The summed E-state index contributed by atoms with van der Waals surface area (Å²) in [6.07, 6.45) is 18.9. The van der Waals surface area contributed by atoms with Gasteiger partial charge in [0, 0.05) is 69.5 Å². The fourth-order valence-electron chi connectivity index (χ4n) is 8.64. The number of carbonyl (C=O) groups excluding carboxylic acids is 2. The van der Waals surface area contributed by atoms with Gasteiger partial charge in [0.25, 0.3) is 0 Å². The number of halogens is 3. The first-order valence-corrected chi connectivity index (χ1v) is 20.4. The lowest BCUT2D eigenvalue weighted by Gasteiger charge is -2.37. The second kappa shape index (κ2) is 18.4. The third-order valence-corrected chi connectivity index (χ3v) is 11.7. The van der Waals surface area contributed by atoms with Gasteiger partial charge in [-0.05, 0) is 86.2 Å². The van der Waals surface area contributed by atoms with E-state index >= 15 is 0 Å². The summed E-state index contributed by atoms with van der Waals surface area (Å²) in [6, 6.07) is 8.76. The summed E-state index contributed by atoms with van der Waals surface area (Å²) in [4.78, 5) is 54.9. The average molecular weight is 827 g/mol. The third kappa shape index (κ3) is 9.44. The molecule has 0 aromatic carbocycles. The van der Waals surface area contributed by atoms with E-state index < -0.39 is 11.6 Å². The summed E-state index contributed by atoms with van der Waals surface area (Å²) in [6.45, 7) is 4.81. The summed E-state index contributed by atoms with van der Waals surface area (Å²) >= 11 is 5.22. The lowest BCUT2D eigenvalue weighted by molar-refractivity contribution is -0.133. The van der Waals surface area contributed by atoms with Crippen molar-refractivity contribution < 1.29 is 18.4 Å². The molecule has 4 saturated heterocycles. The Kier molecular flexibility index (Phi) is 12.5. The molecule has 2 amide bonds. The van der Waals surface area contributed by atoms with Crippen molar-refractivity contribution in [2.45, 2.75) is 63.5 Å². The van der Waals surface area contributed by atoms with E-state index in [1.165, 1.54) is 18.0 Å². The molecule has 4 aliphatic rings. The number of hydrogen-bond acceptors (Lipinski definition) is 12. The Morgan fingerprint density at radius 3 is 1.80 bits per heavy atom. The molecule has 6 aromatic rings. The van der Waals surface area contributed by atoms with Gasteiger partial charge in [0.2, 0.25) is 23.0 Å². The van der Waals surface area contributed by atoms with Crippen molar-refractivity contribution in [1.82, 2.24) is 64.2 Å². The van der Waals surface area contributed by atoms with Crippen LogP contribution >= 0.6 is 11.6 Å². The van der Waals surface area contributed by atoms with Gasteiger partial charge < -0.3 is 20.0 Å². The molecule has 308 valence electrons. The van der Waals surface area contributed by atoms with Gasteiger partial charge in [0.05, 0.1) is 30.8 Å². The van der Waals surface area contributed by atoms with Crippen LogP contribution < -0.4 is 10.2 Å². The molecule has 1 N–H and O–H groups in total. The molecular weight excluding hydrogens is 782 g/mol. The Balaban J connectivity index is 0.000000142. The fourth-order valence-corrected chi connectivity index (χ4v) is 8.74. The van der Waals surface area contributed by atoms with Crippen LogP contribution in [0.2, 0.25) is 5.28 Å². The summed E-state index contributed by atoms with van der Waals surface area (Å²) in [5.41, 5.74) is 4.19. The lowest BCUT2D eigenvalue weighted by Crippen LogP contribution is -2.52. The molecule has 59 heavy (non-hydrogen) atoms. The fraction of sp³-hybridized carbons (Fsp3) is 0.450. The minimum absolute atomic E-state index is 0.0615. The van der Waals surface area contributed by atoms with E-state index in [0.717, 1.165) is 100 Å². The number of aromatic nitrogens is 10. The molecule has 10 heterocycles. The Bertz CT molecular complexity index is 2320. The SMILES string of the molecule is Fc1cnc(Cl)nc1.O=C1[C@@H](CCCc2cccn3ncnc23)C[C@H]2CN(c3ncc(F)cn3)CCN12.O=C1[C@@H](CCCc2cccn3ncnc23)C[C@H]2CNCCN12. The standard InChI is InChI=1S/C20H22FN7O.C16H21N5O.C4H2ClFN2/c21-16-10-22-20(23-11-16)26-7-8-27-17(12-26)9-15(19(27)29)4-1-3-14-5-2-6-28-18(14)24-13-25-28;22-16-13(9-14-10-17-6-8-20(14)16)4-1-3-12-5-2-7-21-15(12)18-11-19-21;5-4-7-1-3(6)2-8-4/h2,5-6,10-11,13,15,17H,1,3-4,7-9,12H2;2,5,7,11,13-14,17H,1,3-4,6,8-10H2;1-2H/t15-,17-;13-,14-;/m00./s1. The maximum absolute atomic E-state index is 13.1. The van der Waals surface area contributed by atoms with Crippen molar-refractivity contribution in [3.05, 3.63) is 102 Å². The molecule has 0 unspecified atom stereocenters. The van der Waals surface area contributed by atoms with Gasteiger partial charge in [-0.25, -0.2) is 47.7 Å². The Hall–Kier alpha value is -5.75. The summed E-state index contributed by atoms with van der Waals surface area (Å²) < 4.78 is 28.6. The number of rotatable bonds is 9. The first kappa shape index (κ1) is 40.0. The maximum atomic E-state index is 13.1. The van der Waals surface area contributed by atoms with Gasteiger partial charge in [0.15, 0.2) is 22.9 Å². The summed E-state index contributed by atoms with van der Waals surface area (Å²) in [7, 11) is 0. The number of piperazine rings is 2. The Labute approximate surface area is 344 Å². The van der Waals surface area contributed by atoms with E-state index in [0.29, 0.717) is 37.5 Å². The smallest absolute Gasteiger partial charge is 0.226 e. The zero-order chi connectivity index (χ0) is 40.7. The molecule has 6 aromatic heterocycles. The van der Waals surface area contributed by atoms with Crippen molar-refractivity contribution in [2.75, 3.05) is 44.2 Å². The van der Waals surface area contributed by atoms with Gasteiger partial charge in [-0.2, -0.15) is 10.2 Å². The number of fused-ring (bicyclic) bond motifs is 4. The van der Waals surface area contributed by atoms with Gasteiger partial charge in [-0.1, -0.05) is 12.1 Å². The third-order valence-electron chi connectivity index (χ3n) is 11.5. The molecule has 4 fully saturated rings. The Morgan fingerprint density at radius 2 is 1.24 bits per heavy atom. The van der Waals surface area contributed by atoms with Crippen molar-refractivity contribution >= 4 is 40.7 Å². The molecule has 0 radical (unpaired) electrons. The van der Waals surface area contributed by atoms with Gasteiger partial charge in [-0.3, -0.25) is 9.59 Å². The minimum atomic E-state index is -0.477. The molecule has 0 aliphatic carbocycles. The second-order valence-electron chi connectivity index (χ2n) is 15.2. The molecule has 10 rings (SSSR count). The maximum Gasteiger partial charge on any atom is 0.226 e. The van der Waals surface area contributed by atoms with Crippen LogP contribution in [-0.4, -0.2) is 122 Å². The molecular formula is C40H45ClF2N14O2. The van der Waals surface area contributed by atoms with E-state index in [9.17, 15) is 18.4 Å². The van der Waals surface area contributed by atoms with Crippen molar-refractivity contribution in [1.29, 1.82) is 0 Å². The van der Waals surface area contributed by atoms with Crippen LogP contribution in [0.15, 0.2) is 74.1 Å². The predicted octanol–water partition coefficient (Wildman–Crippen LogP) is 3.86. The quantitative estimate of drug-likeness (QED) is 0.210. The molecule has 0 bridgehead atoms. The number of nitrogens with zero attached hydrogens (tertiary/aromatic N) is 13. The first-order valence-electron chi connectivity index (χ1n) is 20.0. The van der Waals surface area contributed by atoms with Crippen LogP contribution in [0.4, 0.5) is 14.7 Å². The lowest BCUT2D eigenvalue weighted by atomic mass is 9.96. The minimum Gasteiger partial charge on any atom is -0.337 e. The summed E-state index contributed by atoms with van der Waals surface area (Å²) in [5.74, 6) is 0.514. The number of carbonyl (C=O) groups is 2. The zero-order valence-electron chi connectivity index (χ0n) is 32.4. The molecule has 16 nitrogen and oxygen atoms in total. The normalized spacial score (nSPS) is 21.2. The number of aryl methyl sites for hydroxylation is 2. The van der Waals surface area contributed by atoms with Crippen molar-refractivity contribution in [2.24, 2.45) is 11.8 Å². The highest BCUT2D eigenvalue weighted by Crippen LogP contribution is 2.32. The van der Waals surface area contributed by atoms with E-state index in [1.807, 2.05) is 38.8 Å². The number of nitrogens with one attached hydrogen (secondary N) is 1. The van der Waals surface area contributed by atoms with Crippen molar-refractivity contribution in [3.63, 3.8) is 0 Å². The van der Waals surface area contributed by atoms with Crippen LogP contribution in [-0.2, 0) is 22.4 Å². The van der Waals surface area contributed by atoms with Gasteiger partial charge in [-0.15, -0.1) is 0 Å². The van der Waals surface area contributed by atoms with Crippen LogP contribution in [0, 0.1) is 23.5 Å². The summed E-state index contributed by atoms with van der Waals surface area (Å²) in [5, 5.41) is 11.8. The highest BCUT2D eigenvalue weighted by atomic mass is 35.5. The monoisotopic (exact) mass is 826 g/mol. The van der Waals surface area contributed by atoms with Crippen LogP contribution in [0.1, 0.15) is 49.7 Å². The zero-order valence-corrected chi connectivity index (χ0v) is 33.2. The molecule has 4 aliphatic heterocycles. The highest BCUT2D eigenvalue weighted by molar-refractivity contribution is 6.28. The number of hydrogen-bond donors (Lipinski definition) is 1. The topological polar surface area (TPSA) is 168 Å². The van der Waals surface area contributed by atoms with Crippen LogP contribution in [0.3, 0.4) is 0 Å². The van der Waals surface area contributed by atoms with Crippen LogP contribution in [0.25, 0.3) is 11.3 Å². The van der Waals surface area contributed by atoms with Crippen LogP contribution in [0.5, 0.6) is 0 Å². The number of amides is 2. The number of anilines is 1. The molecule has 4 atom stereocenters. The average Bonchev–Trinajstić information content (AvgIpc) is 4.07.